The molecule has 0 radical (unpaired) electrons. The Hall–Kier alpha value is -3.70. The van der Waals surface area contributed by atoms with E-state index in [2.05, 4.69) is 55.0 Å². The minimum absolute atomic E-state index is 0.0213. The molecular weight excluding hydrogens is 434 g/mol. The summed E-state index contributed by atoms with van der Waals surface area (Å²) in [4.78, 5) is 22.9. The lowest BCUT2D eigenvalue weighted by Gasteiger charge is -2.39. The zero-order valence-electron chi connectivity index (χ0n) is 20.5. The maximum absolute atomic E-state index is 13.7. The number of hydrogen-bond acceptors (Lipinski definition) is 3. The number of nitrogens with one attached hydrogen (secondary N) is 1. The molecule has 1 aromatic heterocycles. The number of aromatic amines is 1. The summed E-state index contributed by atoms with van der Waals surface area (Å²) in [6.07, 6.45) is 4.12. The Balaban J connectivity index is 1.55. The molecule has 0 saturated carbocycles. The van der Waals surface area contributed by atoms with Crippen LogP contribution in [-0.4, -0.2) is 27.3 Å². The van der Waals surface area contributed by atoms with E-state index in [1.165, 1.54) is 5.56 Å². The summed E-state index contributed by atoms with van der Waals surface area (Å²) in [5.41, 5.74) is 4.90. The summed E-state index contributed by atoms with van der Waals surface area (Å²) >= 11 is 0. The fraction of sp³-hybridized carbons (Fsp3) is 0.267. The number of carbonyl (C=O) groups is 1. The van der Waals surface area contributed by atoms with Gasteiger partial charge in [0, 0.05) is 41.5 Å². The highest BCUT2D eigenvalue weighted by molar-refractivity contribution is 6.00. The van der Waals surface area contributed by atoms with E-state index in [0.717, 1.165) is 22.4 Å². The monoisotopic (exact) mass is 465 g/mol. The average Bonchev–Trinajstić information content (AvgIpc) is 3.47. The normalized spacial score (nSPS) is 17.6. The number of ether oxygens (including phenoxy) is 1. The van der Waals surface area contributed by atoms with Gasteiger partial charge in [0.25, 0.3) is 5.91 Å². The molecule has 1 amide bonds. The Kier molecular flexibility index (Phi) is 6.03. The largest absolute Gasteiger partial charge is 0.348 e. The van der Waals surface area contributed by atoms with E-state index in [1.54, 1.807) is 12.5 Å². The van der Waals surface area contributed by atoms with Crippen molar-refractivity contribution >= 4 is 5.91 Å². The van der Waals surface area contributed by atoms with E-state index in [1.807, 2.05) is 59.5 Å². The van der Waals surface area contributed by atoms with Gasteiger partial charge in [-0.2, -0.15) is 0 Å². The number of rotatable bonds is 7. The third-order valence-corrected chi connectivity index (χ3v) is 6.74. The van der Waals surface area contributed by atoms with Crippen molar-refractivity contribution in [1.82, 2.24) is 14.9 Å². The first-order chi connectivity index (χ1) is 16.9. The SMILES string of the molecule is CC(C)(C)c1ccc(COC2(c3ccccc3)c3ccccc3C(=O)N2CCc2cnc[nH]2)cc1. The Bertz CT molecular complexity index is 1290. The minimum atomic E-state index is -1.02. The zero-order valence-corrected chi connectivity index (χ0v) is 20.5. The molecule has 0 saturated heterocycles. The van der Waals surface area contributed by atoms with Crippen LogP contribution < -0.4 is 0 Å². The van der Waals surface area contributed by atoms with E-state index < -0.39 is 5.72 Å². The van der Waals surface area contributed by atoms with Crippen LogP contribution in [0.1, 0.15) is 59.1 Å². The highest BCUT2D eigenvalue weighted by atomic mass is 16.5. The molecule has 0 bridgehead atoms. The van der Waals surface area contributed by atoms with Gasteiger partial charge in [-0.3, -0.25) is 4.79 Å². The molecule has 1 aliphatic heterocycles. The molecule has 35 heavy (non-hydrogen) atoms. The van der Waals surface area contributed by atoms with Crippen molar-refractivity contribution in [3.63, 3.8) is 0 Å². The third kappa shape index (κ3) is 4.28. The molecule has 1 atom stereocenters. The van der Waals surface area contributed by atoms with Crippen LogP contribution in [0.15, 0.2) is 91.4 Å². The number of aromatic nitrogens is 2. The first-order valence-corrected chi connectivity index (χ1v) is 12.1. The van der Waals surface area contributed by atoms with Crippen LogP contribution in [0.2, 0.25) is 0 Å². The number of fused-ring (bicyclic) bond motifs is 1. The zero-order chi connectivity index (χ0) is 24.5. The van der Waals surface area contributed by atoms with Crippen molar-refractivity contribution in [2.75, 3.05) is 6.54 Å². The Morgan fingerprint density at radius 1 is 0.943 bits per heavy atom. The number of carbonyl (C=O) groups excluding carboxylic acids is 1. The number of benzene rings is 3. The molecule has 2 heterocycles. The highest BCUT2D eigenvalue weighted by Crippen LogP contribution is 2.45. The minimum Gasteiger partial charge on any atom is -0.348 e. The van der Waals surface area contributed by atoms with Gasteiger partial charge in [-0.05, 0) is 22.6 Å². The van der Waals surface area contributed by atoms with Crippen molar-refractivity contribution in [3.8, 4) is 0 Å². The second kappa shape index (κ2) is 9.16. The second-order valence-corrected chi connectivity index (χ2v) is 10.1. The van der Waals surface area contributed by atoms with Crippen LogP contribution in [0, 0.1) is 0 Å². The smallest absolute Gasteiger partial charge is 0.257 e. The molecule has 1 unspecified atom stereocenters. The van der Waals surface area contributed by atoms with Gasteiger partial charge in [0.1, 0.15) is 0 Å². The van der Waals surface area contributed by atoms with Gasteiger partial charge < -0.3 is 14.6 Å². The van der Waals surface area contributed by atoms with Crippen LogP contribution in [0.5, 0.6) is 0 Å². The Morgan fingerprint density at radius 2 is 1.66 bits per heavy atom. The van der Waals surface area contributed by atoms with Gasteiger partial charge in [-0.25, -0.2) is 4.98 Å². The van der Waals surface area contributed by atoms with Crippen LogP contribution in [0.3, 0.4) is 0 Å². The molecule has 5 rings (SSSR count). The Labute approximate surface area is 206 Å². The number of H-pyrrole nitrogens is 1. The fourth-order valence-electron chi connectivity index (χ4n) is 4.81. The summed E-state index contributed by atoms with van der Waals surface area (Å²) in [6, 6.07) is 26.4. The van der Waals surface area contributed by atoms with E-state index in [9.17, 15) is 4.79 Å². The first-order valence-electron chi connectivity index (χ1n) is 12.1. The van der Waals surface area contributed by atoms with Gasteiger partial charge in [-0.15, -0.1) is 0 Å². The Morgan fingerprint density at radius 3 is 2.34 bits per heavy atom. The van der Waals surface area contributed by atoms with Gasteiger partial charge in [0.2, 0.25) is 0 Å². The summed E-state index contributed by atoms with van der Waals surface area (Å²) in [6.45, 7) is 7.50. The maximum atomic E-state index is 13.7. The third-order valence-electron chi connectivity index (χ3n) is 6.74. The van der Waals surface area contributed by atoms with Gasteiger partial charge >= 0.3 is 0 Å². The molecular formula is C30H31N3O2. The molecule has 1 aliphatic rings. The summed E-state index contributed by atoms with van der Waals surface area (Å²) in [5.74, 6) is -0.0213. The molecule has 3 aromatic carbocycles. The van der Waals surface area contributed by atoms with Crippen molar-refractivity contribution in [2.24, 2.45) is 0 Å². The molecule has 1 N–H and O–H groups in total. The predicted molar refractivity (Wildman–Crippen MR) is 137 cm³/mol. The lowest BCUT2D eigenvalue weighted by Crippen LogP contribution is -2.47. The standard InChI is InChI=1S/C30H31N3O2/c1-29(2,3)23-15-13-22(14-16-23)20-35-30(24-9-5-4-6-10-24)27-12-8-7-11-26(27)28(34)33(30)18-17-25-19-31-21-32-25/h4-16,19,21H,17-18,20H2,1-3H3,(H,31,32). The second-order valence-electron chi connectivity index (χ2n) is 10.1. The van der Waals surface area contributed by atoms with Crippen molar-refractivity contribution in [2.45, 2.75) is 44.9 Å². The average molecular weight is 466 g/mol. The highest BCUT2D eigenvalue weighted by Gasteiger charge is 2.51. The lowest BCUT2D eigenvalue weighted by molar-refractivity contribution is -0.116. The van der Waals surface area contributed by atoms with Crippen LogP contribution in [-0.2, 0) is 28.9 Å². The molecule has 0 aliphatic carbocycles. The first kappa shape index (κ1) is 23.1. The number of hydrogen-bond donors (Lipinski definition) is 1. The van der Waals surface area contributed by atoms with Crippen molar-refractivity contribution < 1.29 is 9.53 Å². The molecule has 4 aromatic rings. The van der Waals surface area contributed by atoms with Crippen LogP contribution in [0.4, 0.5) is 0 Å². The van der Waals surface area contributed by atoms with Crippen LogP contribution in [0.25, 0.3) is 0 Å². The molecule has 0 fully saturated rings. The number of nitrogens with zero attached hydrogens (tertiary/aromatic N) is 2. The molecule has 0 spiro atoms. The summed E-state index contributed by atoms with van der Waals surface area (Å²) in [7, 11) is 0. The van der Waals surface area contributed by atoms with E-state index in [-0.39, 0.29) is 11.3 Å². The topological polar surface area (TPSA) is 58.2 Å². The van der Waals surface area contributed by atoms with Crippen LogP contribution >= 0.6 is 0 Å². The van der Waals surface area contributed by atoms with Crippen molar-refractivity contribution in [1.29, 1.82) is 0 Å². The molecule has 178 valence electrons. The molecule has 5 heteroatoms. The predicted octanol–water partition coefficient (Wildman–Crippen LogP) is 5.82. The van der Waals surface area contributed by atoms with E-state index in [4.69, 9.17) is 4.74 Å². The van der Waals surface area contributed by atoms with E-state index in [0.29, 0.717) is 25.1 Å². The number of imidazole rings is 1. The van der Waals surface area contributed by atoms with Gasteiger partial charge in [-0.1, -0.05) is 93.6 Å². The quantitative estimate of drug-likeness (QED) is 0.374. The summed E-state index contributed by atoms with van der Waals surface area (Å²) < 4.78 is 6.85. The fourth-order valence-corrected chi connectivity index (χ4v) is 4.81. The molecule has 5 nitrogen and oxygen atoms in total. The summed E-state index contributed by atoms with van der Waals surface area (Å²) in [5, 5.41) is 0. The van der Waals surface area contributed by atoms with E-state index >= 15 is 0 Å². The van der Waals surface area contributed by atoms with Gasteiger partial charge in [0.05, 0.1) is 12.9 Å². The van der Waals surface area contributed by atoms with Gasteiger partial charge in [0.15, 0.2) is 5.72 Å². The van der Waals surface area contributed by atoms with Crippen molar-refractivity contribution in [3.05, 3.63) is 125 Å². The maximum Gasteiger partial charge on any atom is 0.257 e. The number of amides is 1. The lowest BCUT2D eigenvalue weighted by atomic mass is 9.87.